The number of carbonyl (C=O) groups is 1. The molecule has 0 saturated heterocycles. The maximum atomic E-state index is 13.2. The van der Waals surface area contributed by atoms with Crippen molar-refractivity contribution in [2.75, 3.05) is 13.2 Å². The van der Waals surface area contributed by atoms with Crippen molar-refractivity contribution in [2.45, 2.75) is 25.3 Å². The number of benzene rings is 1. The lowest BCUT2D eigenvalue weighted by Crippen LogP contribution is -2.44. The summed E-state index contributed by atoms with van der Waals surface area (Å²) in [6.45, 7) is -0.532. The molecule has 0 radical (unpaired) electrons. The van der Waals surface area contributed by atoms with Gasteiger partial charge in [0.05, 0.1) is 30.1 Å². The molecular weight excluding hydrogens is 461 g/mol. The lowest BCUT2D eigenvalue weighted by atomic mass is 10.0. The fraction of sp³-hybridized carbons (Fsp3) is 0.316. The Balaban J connectivity index is 2.56. The van der Waals surface area contributed by atoms with Crippen LogP contribution in [-0.4, -0.2) is 52.2 Å². The largest absolute Gasteiger partial charge is 0.416 e. The normalized spacial score (nSPS) is 13.9. The number of aromatic nitrogens is 2. The standard InChI is InChI=1S/C19H17F7N6O/c1-11(15(30-10-27)31-17-28-4-2-5-29-17)32(6-3-20)16(33)12-7-13(18(21,22)23)9-14(8-12)19(24,25)26/h2,4-5,7-11H,3,6H2,1H3,(H2,27,28,29,30,31). The van der Waals surface area contributed by atoms with Gasteiger partial charge in [0.15, 0.2) is 5.84 Å². The molecular formula is C19H17F7N6O. The van der Waals surface area contributed by atoms with Crippen molar-refractivity contribution >= 4 is 24.0 Å². The summed E-state index contributed by atoms with van der Waals surface area (Å²) in [5.41, 5.74) is 0.976. The third kappa shape index (κ3) is 6.70. The zero-order chi connectivity index (χ0) is 24.8. The lowest BCUT2D eigenvalue weighted by molar-refractivity contribution is -0.143. The van der Waals surface area contributed by atoms with Crippen molar-refractivity contribution in [3.8, 4) is 0 Å². The highest BCUT2D eigenvalue weighted by molar-refractivity contribution is 6.01. The van der Waals surface area contributed by atoms with Crippen LogP contribution < -0.4 is 5.73 Å². The summed E-state index contributed by atoms with van der Waals surface area (Å²) < 4.78 is 92.2. The second-order valence-electron chi connectivity index (χ2n) is 6.46. The summed E-state index contributed by atoms with van der Waals surface area (Å²) in [6.07, 6.45) is -6.84. The second kappa shape index (κ2) is 10.4. The number of amides is 1. The number of alkyl halides is 7. The van der Waals surface area contributed by atoms with Crippen molar-refractivity contribution in [1.82, 2.24) is 14.9 Å². The van der Waals surface area contributed by atoms with Gasteiger partial charge in [0.2, 0.25) is 0 Å². The molecule has 1 aromatic heterocycles. The van der Waals surface area contributed by atoms with E-state index in [4.69, 9.17) is 5.73 Å². The number of aliphatic imine (C=N–C) groups is 2. The van der Waals surface area contributed by atoms with Gasteiger partial charge in [-0.25, -0.2) is 19.4 Å². The number of nitrogens with two attached hydrogens (primary N) is 1. The first-order chi connectivity index (χ1) is 15.4. The van der Waals surface area contributed by atoms with E-state index in [1.165, 1.54) is 25.4 Å². The summed E-state index contributed by atoms with van der Waals surface area (Å²) in [5, 5.41) is 0. The molecule has 0 fully saturated rings. The van der Waals surface area contributed by atoms with Gasteiger partial charge in [0, 0.05) is 18.0 Å². The van der Waals surface area contributed by atoms with Crippen LogP contribution in [0, 0.1) is 0 Å². The Morgan fingerprint density at radius 3 is 2.09 bits per heavy atom. The van der Waals surface area contributed by atoms with Crippen molar-refractivity contribution in [3.05, 3.63) is 53.3 Å². The van der Waals surface area contributed by atoms with E-state index in [2.05, 4.69) is 20.0 Å². The maximum absolute atomic E-state index is 13.2. The predicted octanol–water partition coefficient (Wildman–Crippen LogP) is 4.03. The molecule has 1 unspecified atom stereocenters. The summed E-state index contributed by atoms with van der Waals surface area (Å²) >= 11 is 0. The molecule has 178 valence electrons. The third-order valence-corrected chi connectivity index (χ3v) is 4.24. The molecule has 0 aliphatic rings. The lowest BCUT2D eigenvalue weighted by Gasteiger charge is -2.28. The summed E-state index contributed by atoms with van der Waals surface area (Å²) in [5.74, 6) is -1.64. The van der Waals surface area contributed by atoms with Crippen LogP contribution in [0.25, 0.3) is 0 Å². The van der Waals surface area contributed by atoms with E-state index in [9.17, 15) is 35.5 Å². The molecule has 1 aromatic carbocycles. The smallest absolute Gasteiger partial charge is 0.390 e. The highest BCUT2D eigenvalue weighted by Crippen LogP contribution is 2.36. The fourth-order valence-corrected chi connectivity index (χ4v) is 2.70. The Labute approximate surface area is 182 Å². The topological polar surface area (TPSA) is 96.8 Å². The quantitative estimate of drug-likeness (QED) is 0.385. The van der Waals surface area contributed by atoms with Crippen LogP contribution in [-0.2, 0) is 12.4 Å². The van der Waals surface area contributed by atoms with Gasteiger partial charge in [-0.2, -0.15) is 31.3 Å². The van der Waals surface area contributed by atoms with Crippen molar-refractivity contribution in [1.29, 1.82) is 0 Å². The molecule has 14 heteroatoms. The number of carbonyl (C=O) groups excluding carboxylic acids is 1. The molecule has 1 amide bonds. The average molecular weight is 478 g/mol. The van der Waals surface area contributed by atoms with Crippen LogP contribution in [0.2, 0.25) is 0 Å². The first-order valence-electron chi connectivity index (χ1n) is 9.14. The molecule has 2 aromatic rings. The van der Waals surface area contributed by atoms with E-state index in [0.717, 1.165) is 6.34 Å². The Hall–Kier alpha value is -3.58. The number of hydrogen-bond acceptors (Lipinski definition) is 4. The molecule has 0 spiro atoms. The monoisotopic (exact) mass is 478 g/mol. The molecule has 0 aliphatic heterocycles. The predicted molar refractivity (Wildman–Crippen MR) is 105 cm³/mol. The van der Waals surface area contributed by atoms with Gasteiger partial charge in [-0.1, -0.05) is 0 Å². The molecule has 33 heavy (non-hydrogen) atoms. The summed E-state index contributed by atoms with van der Waals surface area (Å²) in [6, 6.07) is 0.676. The maximum Gasteiger partial charge on any atom is 0.416 e. The van der Waals surface area contributed by atoms with Crippen molar-refractivity contribution in [2.24, 2.45) is 15.7 Å². The van der Waals surface area contributed by atoms with Crippen LogP contribution in [0.4, 0.5) is 36.7 Å². The highest BCUT2D eigenvalue weighted by atomic mass is 19.4. The minimum absolute atomic E-state index is 0.113. The molecule has 0 bridgehead atoms. The zero-order valence-electron chi connectivity index (χ0n) is 16.9. The zero-order valence-corrected chi connectivity index (χ0v) is 16.9. The Morgan fingerprint density at radius 1 is 1.09 bits per heavy atom. The molecule has 1 heterocycles. The van der Waals surface area contributed by atoms with Crippen molar-refractivity contribution in [3.63, 3.8) is 0 Å². The molecule has 0 saturated carbocycles. The number of hydrogen-bond donors (Lipinski definition) is 1. The first-order valence-corrected chi connectivity index (χ1v) is 9.14. The van der Waals surface area contributed by atoms with Gasteiger partial charge >= 0.3 is 12.4 Å². The van der Waals surface area contributed by atoms with Crippen LogP contribution >= 0.6 is 0 Å². The van der Waals surface area contributed by atoms with Crippen LogP contribution in [0.5, 0.6) is 0 Å². The second-order valence-corrected chi connectivity index (χ2v) is 6.46. The van der Waals surface area contributed by atoms with Crippen LogP contribution in [0.1, 0.15) is 28.4 Å². The highest BCUT2D eigenvalue weighted by Gasteiger charge is 2.38. The van der Waals surface area contributed by atoms with Gasteiger partial charge in [0.25, 0.3) is 11.9 Å². The average Bonchev–Trinajstić information content (AvgIpc) is 2.75. The summed E-state index contributed by atoms with van der Waals surface area (Å²) in [7, 11) is 0. The van der Waals surface area contributed by atoms with E-state index in [0.29, 0.717) is 4.90 Å². The van der Waals surface area contributed by atoms with E-state index in [1.54, 1.807) is 0 Å². The number of amidine groups is 1. The van der Waals surface area contributed by atoms with Gasteiger partial charge in [-0.05, 0) is 31.2 Å². The third-order valence-electron chi connectivity index (χ3n) is 4.24. The number of rotatable bonds is 6. The van der Waals surface area contributed by atoms with Gasteiger partial charge < -0.3 is 10.6 Å². The molecule has 7 nitrogen and oxygen atoms in total. The molecule has 2 N–H and O–H groups in total. The SMILES string of the molecule is CC(C(N=CN)=Nc1ncccn1)N(CCF)C(=O)c1cc(C(F)(F)F)cc(C(F)(F)F)c1. The van der Waals surface area contributed by atoms with E-state index in [-0.39, 0.29) is 30.0 Å². The van der Waals surface area contributed by atoms with Gasteiger partial charge in [-0.15, -0.1) is 0 Å². The van der Waals surface area contributed by atoms with Crippen LogP contribution in [0.15, 0.2) is 46.6 Å². The van der Waals surface area contributed by atoms with E-state index >= 15 is 0 Å². The number of nitrogens with zero attached hydrogens (tertiary/aromatic N) is 5. The molecule has 1 atom stereocenters. The minimum atomic E-state index is -5.16. The fourth-order valence-electron chi connectivity index (χ4n) is 2.70. The summed E-state index contributed by atoms with van der Waals surface area (Å²) in [4.78, 5) is 29.0. The van der Waals surface area contributed by atoms with Gasteiger partial charge in [0.1, 0.15) is 6.67 Å². The Kier molecular flexibility index (Phi) is 8.06. The van der Waals surface area contributed by atoms with Gasteiger partial charge in [-0.3, -0.25) is 4.79 Å². The Morgan fingerprint density at radius 2 is 1.64 bits per heavy atom. The Bertz CT molecular complexity index is 989. The van der Waals surface area contributed by atoms with Crippen molar-refractivity contribution < 1.29 is 35.5 Å². The first kappa shape index (κ1) is 25.7. The van der Waals surface area contributed by atoms with E-state index < -0.39 is 54.2 Å². The van der Waals surface area contributed by atoms with Crippen LogP contribution in [0.3, 0.4) is 0 Å². The number of halogens is 7. The minimum Gasteiger partial charge on any atom is -0.390 e. The molecule has 0 aliphatic carbocycles. The van der Waals surface area contributed by atoms with E-state index in [1.807, 2.05) is 0 Å². The molecule has 2 rings (SSSR count).